The number of terminal acetylenes is 1. The standard InChI is InChI=1S/C13H16N2O2/c1-4-5-6-7-14-12-11(13(16)17)9(2)8-10(3)15-12/h1,8H,5-7H2,2-3H3,(H,14,15)(H,16,17). The minimum absolute atomic E-state index is 0.233. The summed E-state index contributed by atoms with van der Waals surface area (Å²) in [5.41, 5.74) is 1.74. The number of aromatic carboxylic acids is 1. The lowest BCUT2D eigenvalue weighted by molar-refractivity contribution is 0.0697. The molecule has 1 aromatic rings. The van der Waals surface area contributed by atoms with Gasteiger partial charge in [-0.2, -0.15) is 0 Å². The zero-order valence-electron chi connectivity index (χ0n) is 10.1. The average molecular weight is 232 g/mol. The second-order valence-electron chi connectivity index (χ2n) is 3.84. The molecule has 0 fully saturated rings. The van der Waals surface area contributed by atoms with Crippen molar-refractivity contribution in [2.75, 3.05) is 11.9 Å². The lowest BCUT2D eigenvalue weighted by Crippen LogP contribution is -2.12. The molecule has 0 aliphatic carbocycles. The van der Waals surface area contributed by atoms with Gasteiger partial charge in [-0.15, -0.1) is 12.3 Å². The summed E-state index contributed by atoms with van der Waals surface area (Å²) in [5.74, 6) is 2.00. The molecule has 0 amide bonds. The Balaban J connectivity index is 2.89. The number of carbonyl (C=O) groups is 1. The first kappa shape index (κ1) is 13.0. The Hall–Kier alpha value is -2.02. The molecule has 0 spiro atoms. The summed E-state index contributed by atoms with van der Waals surface area (Å²) < 4.78 is 0. The van der Waals surface area contributed by atoms with E-state index in [1.54, 1.807) is 13.0 Å². The lowest BCUT2D eigenvalue weighted by atomic mass is 10.1. The Morgan fingerprint density at radius 1 is 1.59 bits per heavy atom. The van der Waals surface area contributed by atoms with Crippen molar-refractivity contribution in [2.24, 2.45) is 0 Å². The molecule has 1 rings (SSSR count). The van der Waals surface area contributed by atoms with Crippen LogP contribution < -0.4 is 5.32 Å². The molecule has 0 saturated heterocycles. The average Bonchev–Trinajstić information content (AvgIpc) is 2.22. The maximum Gasteiger partial charge on any atom is 0.339 e. The summed E-state index contributed by atoms with van der Waals surface area (Å²) in [6, 6.07) is 1.76. The number of nitrogens with zero attached hydrogens (tertiary/aromatic N) is 1. The van der Waals surface area contributed by atoms with E-state index in [0.29, 0.717) is 24.3 Å². The number of aryl methyl sites for hydroxylation is 2. The zero-order valence-corrected chi connectivity index (χ0v) is 10.1. The van der Waals surface area contributed by atoms with E-state index in [9.17, 15) is 4.79 Å². The molecule has 17 heavy (non-hydrogen) atoms. The van der Waals surface area contributed by atoms with E-state index in [2.05, 4.69) is 16.2 Å². The monoisotopic (exact) mass is 232 g/mol. The molecule has 0 radical (unpaired) electrons. The molecule has 0 bridgehead atoms. The number of hydrogen-bond acceptors (Lipinski definition) is 3. The van der Waals surface area contributed by atoms with Crippen molar-refractivity contribution >= 4 is 11.8 Å². The van der Waals surface area contributed by atoms with Gasteiger partial charge in [0.05, 0.1) is 0 Å². The van der Waals surface area contributed by atoms with Crippen molar-refractivity contribution in [1.82, 2.24) is 4.98 Å². The molecule has 0 unspecified atom stereocenters. The van der Waals surface area contributed by atoms with E-state index in [0.717, 1.165) is 12.1 Å². The van der Waals surface area contributed by atoms with E-state index in [1.807, 2.05) is 6.92 Å². The first-order valence-electron chi connectivity index (χ1n) is 5.45. The van der Waals surface area contributed by atoms with Gasteiger partial charge < -0.3 is 10.4 Å². The molecule has 0 saturated carbocycles. The predicted octanol–water partition coefficient (Wildman–Crippen LogP) is 2.22. The molecule has 0 aromatic carbocycles. The smallest absolute Gasteiger partial charge is 0.339 e. The minimum Gasteiger partial charge on any atom is -0.478 e. The molecule has 0 aliphatic heterocycles. The molecule has 1 aromatic heterocycles. The minimum atomic E-state index is -0.963. The number of pyridine rings is 1. The van der Waals surface area contributed by atoms with Gasteiger partial charge in [0.15, 0.2) is 0 Å². The third-order valence-corrected chi connectivity index (χ3v) is 2.35. The number of rotatable bonds is 5. The highest BCUT2D eigenvalue weighted by molar-refractivity contribution is 5.94. The maximum atomic E-state index is 11.1. The zero-order chi connectivity index (χ0) is 12.8. The van der Waals surface area contributed by atoms with Gasteiger partial charge in [0, 0.05) is 18.7 Å². The van der Waals surface area contributed by atoms with Crippen molar-refractivity contribution in [2.45, 2.75) is 26.7 Å². The molecular weight excluding hydrogens is 216 g/mol. The van der Waals surface area contributed by atoms with Gasteiger partial charge in [-0.1, -0.05) is 0 Å². The fourth-order valence-electron chi connectivity index (χ4n) is 1.63. The van der Waals surface area contributed by atoms with Crippen molar-refractivity contribution in [1.29, 1.82) is 0 Å². The quantitative estimate of drug-likeness (QED) is 0.603. The van der Waals surface area contributed by atoms with E-state index in [1.165, 1.54) is 0 Å². The van der Waals surface area contributed by atoms with Gasteiger partial charge >= 0.3 is 5.97 Å². The number of carboxylic acids is 1. The summed E-state index contributed by atoms with van der Waals surface area (Å²) in [4.78, 5) is 15.3. The predicted molar refractivity (Wildman–Crippen MR) is 67.2 cm³/mol. The van der Waals surface area contributed by atoms with E-state index in [-0.39, 0.29) is 5.56 Å². The Kier molecular flexibility index (Phi) is 4.53. The molecule has 1 heterocycles. The van der Waals surface area contributed by atoms with Gasteiger partial charge in [-0.25, -0.2) is 9.78 Å². The van der Waals surface area contributed by atoms with Crippen LogP contribution in [0.1, 0.15) is 34.5 Å². The van der Waals surface area contributed by atoms with Crippen molar-refractivity contribution in [3.8, 4) is 12.3 Å². The highest BCUT2D eigenvalue weighted by atomic mass is 16.4. The van der Waals surface area contributed by atoms with Crippen molar-refractivity contribution < 1.29 is 9.90 Å². The summed E-state index contributed by atoms with van der Waals surface area (Å²) in [6.07, 6.45) is 6.61. The van der Waals surface area contributed by atoms with E-state index < -0.39 is 5.97 Å². The fourth-order valence-corrected chi connectivity index (χ4v) is 1.63. The summed E-state index contributed by atoms with van der Waals surface area (Å²) >= 11 is 0. The van der Waals surface area contributed by atoms with Gasteiger partial charge in [0.25, 0.3) is 0 Å². The highest BCUT2D eigenvalue weighted by Crippen LogP contribution is 2.18. The second kappa shape index (κ2) is 5.90. The topological polar surface area (TPSA) is 62.2 Å². The molecule has 90 valence electrons. The Bertz CT molecular complexity index is 461. The highest BCUT2D eigenvalue weighted by Gasteiger charge is 2.14. The summed E-state index contributed by atoms with van der Waals surface area (Å²) in [7, 11) is 0. The van der Waals surface area contributed by atoms with Crippen LogP contribution in [0.2, 0.25) is 0 Å². The van der Waals surface area contributed by atoms with Crippen LogP contribution >= 0.6 is 0 Å². The van der Waals surface area contributed by atoms with E-state index >= 15 is 0 Å². The number of nitrogens with one attached hydrogen (secondary N) is 1. The lowest BCUT2D eigenvalue weighted by Gasteiger charge is -2.11. The van der Waals surface area contributed by atoms with Crippen LogP contribution in [0.25, 0.3) is 0 Å². The molecule has 0 atom stereocenters. The van der Waals surface area contributed by atoms with Gasteiger partial charge in [-0.3, -0.25) is 0 Å². The van der Waals surface area contributed by atoms with Crippen LogP contribution in [0, 0.1) is 26.2 Å². The molecule has 2 N–H and O–H groups in total. The van der Waals surface area contributed by atoms with Crippen LogP contribution in [0.5, 0.6) is 0 Å². The first-order chi connectivity index (χ1) is 8.06. The van der Waals surface area contributed by atoms with Crippen LogP contribution in [0.4, 0.5) is 5.82 Å². The van der Waals surface area contributed by atoms with Crippen LogP contribution in [0.15, 0.2) is 6.07 Å². The van der Waals surface area contributed by atoms with Crippen LogP contribution in [-0.2, 0) is 0 Å². The second-order valence-corrected chi connectivity index (χ2v) is 3.84. The fraction of sp³-hybridized carbons (Fsp3) is 0.385. The van der Waals surface area contributed by atoms with Crippen LogP contribution in [-0.4, -0.2) is 22.6 Å². The first-order valence-corrected chi connectivity index (χ1v) is 5.45. The maximum absolute atomic E-state index is 11.1. The van der Waals surface area contributed by atoms with Gasteiger partial charge in [0.2, 0.25) is 0 Å². The molecule has 0 aliphatic rings. The third kappa shape index (κ3) is 3.49. The van der Waals surface area contributed by atoms with Crippen LogP contribution in [0.3, 0.4) is 0 Å². The Morgan fingerprint density at radius 2 is 2.29 bits per heavy atom. The number of unbranched alkanes of at least 4 members (excludes halogenated alkanes) is 1. The van der Waals surface area contributed by atoms with Crippen molar-refractivity contribution in [3.63, 3.8) is 0 Å². The molecule has 4 heteroatoms. The summed E-state index contributed by atoms with van der Waals surface area (Å²) in [6.45, 7) is 4.23. The number of anilines is 1. The number of hydrogen-bond donors (Lipinski definition) is 2. The van der Waals surface area contributed by atoms with Crippen molar-refractivity contribution in [3.05, 3.63) is 22.9 Å². The normalized spacial score (nSPS) is 9.71. The Labute approximate surface area is 101 Å². The third-order valence-electron chi connectivity index (χ3n) is 2.35. The Morgan fingerprint density at radius 3 is 2.88 bits per heavy atom. The SMILES string of the molecule is C#CCCCNc1nc(C)cc(C)c1C(=O)O. The molecule has 4 nitrogen and oxygen atoms in total. The number of aromatic nitrogens is 1. The van der Waals surface area contributed by atoms with Gasteiger partial charge in [-0.05, 0) is 31.9 Å². The largest absolute Gasteiger partial charge is 0.478 e. The van der Waals surface area contributed by atoms with E-state index in [4.69, 9.17) is 11.5 Å². The van der Waals surface area contributed by atoms with Gasteiger partial charge in [0.1, 0.15) is 11.4 Å². The molecular formula is C13H16N2O2. The summed E-state index contributed by atoms with van der Waals surface area (Å²) in [5, 5.41) is 12.2. The number of carboxylic acid groups (broad SMARTS) is 1.